The number of sulfonamides is 1. The Labute approximate surface area is 440 Å². The maximum atomic E-state index is 14.0. The van der Waals surface area contributed by atoms with Gasteiger partial charge in [0.05, 0.1) is 45.0 Å². The Kier molecular flexibility index (Phi) is 29.4. The number of carbonyl (C=O) groups excluding carboxylic acids is 11. The molecule has 1 aromatic rings. The van der Waals surface area contributed by atoms with Crippen molar-refractivity contribution in [3.05, 3.63) is 35.9 Å². The van der Waals surface area contributed by atoms with Gasteiger partial charge in [-0.15, -0.1) is 0 Å². The first kappa shape index (κ1) is 67.2. The molecule has 0 aliphatic heterocycles. The molecule has 0 unspecified atom stereocenters. The molecule has 30 heteroatoms. The first-order valence-corrected chi connectivity index (χ1v) is 26.0. The summed E-state index contributed by atoms with van der Waals surface area (Å²) in [5.41, 5.74) is 21.8. The van der Waals surface area contributed by atoms with Crippen molar-refractivity contribution in [1.82, 2.24) is 46.8 Å². The van der Waals surface area contributed by atoms with E-state index in [-0.39, 0.29) is 31.7 Å². The molecular weight excluding hydrogens is 1020 g/mol. The minimum absolute atomic E-state index is 0.0946. The number of aliphatic hydroxyl groups excluding tert-OH is 3. The van der Waals surface area contributed by atoms with Crippen molar-refractivity contribution < 1.29 is 76.5 Å². The van der Waals surface area contributed by atoms with E-state index in [0.717, 1.165) is 4.31 Å². The van der Waals surface area contributed by atoms with E-state index in [9.17, 15) is 76.5 Å². The quantitative estimate of drug-likeness (QED) is 0.0297. The molecule has 0 saturated heterocycles. The summed E-state index contributed by atoms with van der Waals surface area (Å²) < 4.78 is 28.7. The lowest BCUT2D eigenvalue weighted by Gasteiger charge is -2.32. The average molecular weight is 1100 g/mol. The number of nitrogens with two attached hydrogens (primary N) is 4. The van der Waals surface area contributed by atoms with Gasteiger partial charge in [0.2, 0.25) is 75.0 Å². The first-order chi connectivity index (χ1) is 35.5. The fraction of sp³-hybridized carbons (Fsp3) is 0.630. The molecular formula is C46H77N13O16S. The van der Waals surface area contributed by atoms with Crippen LogP contribution in [-0.2, 0) is 69.2 Å². The normalized spacial score (nSPS) is 15.4. The lowest BCUT2D eigenvalue weighted by Crippen LogP contribution is -2.60. The van der Waals surface area contributed by atoms with E-state index < -0.39 is 180 Å². The summed E-state index contributed by atoms with van der Waals surface area (Å²) in [5, 5.41) is 47.7. The maximum Gasteiger partial charge on any atom is 0.243 e. The Bertz CT molecular complexity index is 2280. The van der Waals surface area contributed by atoms with Gasteiger partial charge >= 0.3 is 0 Å². The number of nitrogens with zero attached hydrogens (tertiary/aromatic N) is 1. The average Bonchev–Trinajstić information content (AvgIpc) is 3.34. The molecule has 76 heavy (non-hydrogen) atoms. The zero-order chi connectivity index (χ0) is 58.0. The predicted molar refractivity (Wildman–Crippen MR) is 272 cm³/mol. The van der Waals surface area contributed by atoms with Gasteiger partial charge in [0.15, 0.2) is 0 Å². The Morgan fingerprint density at radius 1 is 0.618 bits per heavy atom. The minimum atomic E-state index is -4.49. The number of benzene rings is 1. The molecule has 0 saturated carbocycles. The predicted octanol–water partition coefficient (Wildman–Crippen LogP) is -7.20. The van der Waals surface area contributed by atoms with E-state index in [0.29, 0.717) is 12.0 Å². The number of amides is 11. The lowest BCUT2D eigenvalue weighted by molar-refractivity contribution is -0.136. The molecule has 1 rings (SSSR count). The van der Waals surface area contributed by atoms with Gasteiger partial charge in [-0.25, -0.2) is 8.42 Å². The monoisotopic (exact) mass is 1100 g/mol. The van der Waals surface area contributed by atoms with Crippen molar-refractivity contribution in [3.8, 4) is 0 Å². The van der Waals surface area contributed by atoms with Gasteiger partial charge in [-0.05, 0) is 37.2 Å². The third-order valence-corrected chi connectivity index (χ3v) is 13.5. The molecule has 1 aromatic carbocycles. The van der Waals surface area contributed by atoms with Gasteiger partial charge in [-0.3, -0.25) is 52.7 Å². The maximum absolute atomic E-state index is 14.0. The molecule has 428 valence electrons. The highest BCUT2D eigenvalue weighted by molar-refractivity contribution is 7.89. The number of hydrogen-bond acceptors (Lipinski definition) is 17. The summed E-state index contributed by atoms with van der Waals surface area (Å²) in [4.78, 5) is 142. The van der Waals surface area contributed by atoms with Gasteiger partial charge in [0.25, 0.3) is 0 Å². The van der Waals surface area contributed by atoms with Crippen LogP contribution in [0, 0.1) is 11.8 Å². The smallest absolute Gasteiger partial charge is 0.243 e. The second-order valence-electron chi connectivity index (χ2n) is 18.5. The van der Waals surface area contributed by atoms with Crippen LogP contribution < -0.4 is 65.5 Å². The van der Waals surface area contributed by atoms with Crippen molar-refractivity contribution in [2.24, 2.45) is 34.8 Å². The van der Waals surface area contributed by atoms with Crippen LogP contribution in [0.25, 0.3) is 0 Å². The molecule has 19 N–H and O–H groups in total. The summed E-state index contributed by atoms with van der Waals surface area (Å²) in [6.07, 6.45) is -1.23. The molecule has 0 aliphatic carbocycles. The van der Waals surface area contributed by atoms with Crippen LogP contribution in [0.2, 0.25) is 0 Å². The van der Waals surface area contributed by atoms with Gasteiger partial charge in [0, 0.05) is 19.0 Å². The fourth-order valence-electron chi connectivity index (χ4n) is 7.28. The summed E-state index contributed by atoms with van der Waals surface area (Å²) in [6, 6.07) is -5.42. The van der Waals surface area contributed by atoms with E-state index >= 15 is 0 Å². The third-order valence-electron chi connectivity index (χ3n) is 11.5. The van der Waals surface area contributed by atoms with Crippen LogP contribution in [0.3, 0.4) is 0 Å². The SMILES string of the molecule is CCCN([C@@H](CO)C(=O)N[C@@H](CO)C(N)=O)S(=O)(=O)C[C@H](CC(C)C)NC(=O)[C@@H](NC(=O)[C@H](C)NC(=O)CNC(=O)[C@H](Cc1ccccc1)NC(=O)[C@H](CC(N)=O)NC(=O)[C@H](CC(N)=O)NC(=O)[C@@H](N)CO)[C@@H](C)CC. The topological polar surface area (TPSA) is 486 Å². The molecule has 0 aromatic heterocycles. The van der Waals surface area contributed by atoms with Crippen molar-refractivity contribution >= 4 is 75.0 Å². The van der Waals surface area contributed by atoms with E-state index in [1.807, 2.05) is 0 Å². The molecule has 0 fully saturated rings. The van der Waals surface area contributed by atoms with Crippen LogP contribution >= 0.6 is 0 Å². The van der Waals surface area contributed by atoms with E-state index in [1.54, 1.807) is 65.0 Å². The van der Waals surface area contributed by atoms with Crippen LogP contribution in [0.5, 0.6) is 0 Å². The summed E-state index contributed by atoms with van der Waals surface area (Å²) >= 11 is 0. The van der Waals surface area contributed by atoms with Crippen LogP contribution in [0.4, 0.5) is 0 Å². The Morgan fingerprint density at radius 3 is 1.63 bits per heavy atom. The first-order valence-electron chi connectivity index (χ1n) is 24.4. The highest BCUT2D eigenvalue weighted by Gasteiger charge is 2.39. The second kappa shape index (κ2) is 33.2. The van der Waals surface area contributed by atoms with Crippen molar-refractivity contribution in [2.75, 3.05) is 38.7 Å². The molecule has 11 amide bonds. The van der Waals surface area contributed by atoms with Crippen molar-refractivity contribution in [1.29, 1.82) is 0 Å². The highest BCUT2D eigenvalue weighted by atomic mass is 32.2. The van der Waals surface area contributed by atoms with Gasteiger partial charge in [-0.2, -0.15) is 4.31 Å². The molecule has 10 atom stereocenters. The van der Waals surface area contributed by atoms with Crippen LogP contribution in [0.1, 0.15) is 79.2 Å². The molecule has 0 spiro atoms. The molecule has 0 heterocycles. The highest BCUT2D eigenvalue weighted by Crippen LogP contribution is 2.17. The number of nitrogens with one attached hydrogen (secondary N) is 8. The molecule has 29 nitrogen and oxygen atoms in total. The van der Waals surface area contributed by atoms with Gasteiger partial charge in [0.1, 0.15) is 48.3 Å². The van der Waals surface area contributed by atoms with Crippen LogP contribution in [0.15, 0.2) is 30.3 Å². The fourth-order valence-corrected chi connectivity index (χ4v) is 9.21. The zero-order valence-corrected chi connectivity index (χ0v) is 44.4. The number of aliphatic hydroxyl groups is 3. The van der Waals surface area contributed by atoms with Gasteiger partial charge in [-0.1, -0.05) is 71.4 Å². The molecule has 0 bridgehead atoms. The van der Waals surface area contributed by atoms with Crippen molar-refractivity contribution in [2.45, 2.75) is 134 Å². The third kappa shape index (κ3) is 23.4. The summed E-state index contributed by atoms with van der Waals surface area (Å²) in [5.74, 6) is -12.8. The molecule has 0 aliphatic rings. The number of carbonyl (C=O) groups is 11. The standard InChI is InChI=1S/C46H77N13O16S/c1-7-14-59(34(22-62)45(72)57-33(21-61)39(50)66)76(74,75)23-28(15-24(3)4)53-46(73)38(25(5)8-2)58-40(67)26(6)52-37(65)19-51-42(69)30(16-27-12-10-9-11-13-27)55-44(71)32(18-36(49)64)56-43(70)31(17-35(48)63)54-41(68)29(47)20-60/h9-13,24-26,28-34,38,60-62H,7-8,14-23,47H2,1-6H3,(H2,48,63)(H2,49,64)(H2,50,66)(H,51,69)(H,52,65)(H,53,73)(H,54,68)(H,55,71)(H,56,70)(H,57,72)(H,58,67)/t25-,26-,28-,29-,30-,31-,32-,33-,34-,38-/m0/s1. The lowest BCUT2D eigenvalue weighted by atomic mass is 9.97. The largest absolute Gasteiger partial charge is 0.394 e. The Morgan fingerprint density at radius 2 is 1.16 bits per heavy atom. The summed E-state index contributed by atoms with van der Waals surface area (Å²) in [7, 11) is -4.49. The number of hydrogen-bond donors (Lipinski definition) is 15. The summed E-state index contributed by atoms with van der Waals surface area (Å²) in [6.45, 7) is 6.02. The van der Waals surface area contributed by atoms with Gasteiger partial charge < -0.3 is 80.8 Å². The Balaban J connectivity index is 3.29. The van der Waals surface area contributed by atoms with E-state index in [2.05, 4.69) is 42.5 Å². The van der Waals surface area contributed by atoms with Crippen LogP contribution in [-0.4, -0.2) is 186 Å². The minimum Gasteiger partial charge on any atom is -0.394 e. The van der Waals surface area contributed by atoms with Crippen molar-refractivity contribution in [3.63, 3.8) is 0 Å². The number of primary amides is 3. The zero-order valence-electron chi connectivity index (χ0n) is 43.5. The second-order valence-corrected chi connectivity index (χ2v) is 20.4. The van der Waals surface area contributed by atoms with E-state index in [1.165, 1.54) is 6.92 Å². The molecule has 0 radical (unpaired) electrons. The number of rotatable bonds is 36. The Hall–Kier alpha value is -6.86. The van der Waals surface area contributed by atoms with E-state index in [4.69, 9.17) is 22.9 Å².